The minimum Gasteiger partial charge on any atom is -0.374 e. The van der Waals surface area contributed by atoms with Gasteiger partial charge >= 0.3 is 0 Å². The molecule has 24 heavy (non-hydrogen) atoms. The fraction of sp³-hybridized carbons (Fsp3) is 0.474. The molecule has 1 atom stereocenters. The van der Waals surface area contributed by atoms with E-state index in [1.54, 1.807) is 0 Å². The van der Waals surface area contributed by atoms with Crippen LogP contribution in [0.15, 0.2) is 30.3 Å². The van der Waals surface area contributed by atoms with Crippen LogP contribution in [-0.2, 0) is 4.74 Å². The van der Waals surface area contributed by atoms with Gasteiger partial charge in [0.25, 0.3) is 5.91 Å². The number of hydrogen-bond acceptors (Lipinski definition) is 4. The van der Waals surface area contributed by atoms with Gasteiger partial charge in [-0.1, -0.05) is 18.2 Å². The number of carbonyl (C=O) groups excluding carboxylic acids is 1. The van der Waals surface area contributed by atoms with Gasteiger partial charge in [-0.25, -0.2) is 0 Å². The predicted octanol–water partition coefficient (Wildman–Crippen LogP) is 2.34. The molecule has 2 aromatic rings. The maximum Gasteiger partial charge on any atom is 0.254 e. The molecule has 1 aliphatic heterocycles. The zero-order valence-corrected chi connectivity index (χ0v) is 14.7. The number of carbonyl (C=O) groups is 1. The van der Waals surface area contributed by atoms with Crippen LogP contribution in [0.1, 0.15) is 22.5 Å². The highest BCUT2D eigenvalue weighted by molar-refractivity contribution is 6.06. The zero-order chi connectivity index (χ0) is 17.1. The van der Waals surface area contributed by atoms with Crippen LogP contribution in [0.25, 0.3) is 10.9 Å². The summed E-state index contributed by atoms with van der Waals surface area (Å²) in [6.07, 6.45) is 1.05. The summed E-state index contributed by atoms with van der Waals surface area (Å²) < 4.78 is 5.82. The Bertz CT molecular complexity index is 730. The molecule has 0 saturated carbocycles. The summed E-state index contributed by atoms with van der Waals surface area (Å²) in [5.41, 5.74) is 2.49. The van der Waals surface area contributed by atoms with Crippen LogP contribution < -0.4 is 0 Å². The number of pyridine rings is 1. The molecule has 3 rings (SSSR count). The standard InChI is InChI=1S/C19H25N3O2/c1-14-12-17(16-6-4-5-7-18(16)20-14)19(23)22-10-11-24-15(13-22)8-9-21(2)3/h4-7,12,15H,8-11,13H2,1-3H3/t15-/m0/s1. The van der Waals surface area contributed by atoms with E-state index in [-0.39, 0.29) is 12.0 Å². The van der Waals surface area contributed by atoms with Crippen LogP contribution in [0.4, 0.5) is 0 Å². The van der Waals surface area contributed by atoms with Crippen molar-refractivity contribution in [1.29, 1.82) is 0 Å². The second-order valence-corrected chi connectivity index (χ2v) is 6.66. The van der Waals surface area contributed by atoms with Gasteiger partial charge in [0, 0.05) is 30.7 Å². The van der Waals surface area contributed by atoms with Crippen molar-refractivity contribution in [2.45, 2.75) is 19.4 Å². The van der Waals surface area contributed by atoms with Crippen LogP contribution >= 0.6 is 0 Å². The van der Waals surface area contributed by atoms with E-state index < -0.39 is 0 Å². The van der Waals surface area contributed by atoms with Gasteiger partial charge in [0.15, 0.2) is 0 Å². The molecule has 128 valence electrons. The summed E-state index contributed by atoms with van der Waals surface area (Å²) in [5, 5.41) is 0.921. The summed E-state index contributed by atoms with van der Waals surface area (Å²) in [5.74, 6) is 0.0786. The summed E-state index contributed by atoms with van der Waals surface area (Å²) in [7, 11) is 4.11. The Morgan fingerprint density at radius 2 is 2.17 bits per heavy atom. The summed E-state index contributed by atoms with van der Waals surface area (Å²) in [4.78, 5) is 21.7. The molecule has 1 saturated heterocycles. The monoisotopic (exact) mass is 327 g/mol. The number of nitrogens with zero attached hydrogens (tertiary/aromatic N) is 3. The highest BCUT2D eigenvalue weighted by Gasteiger charge is 2.26. The van der Waals surface area contributed by atoms with Crippen LogP contribution in [0.3, 0.4) is 0 Å². The van der Waals surface area contributed by atoms with Gasteiger partial charge in [0.2, 0.25) is 0 Å². The van der Waals surface area contributed by atoms with Crippen molar-refractivity contribution >= 4 is 16.8 Å². The second-order valence-electron chi connectivity index (χ2n) is 6.66. The van der Waals surface area contributed by atoms with Crippen LogP contribution in [-0.4, -0.2) is 67.1 Å². The number of aromatic nitrogens is 1. The normalized spacial score (nSPS) is 18.3. The number of rotatable bonds is 4. The molecule has 1 amide bonds. The largest absolute Gasteiger partial charge is 0.374 e. The molecule has 1 aromatic carbocycles. The average Bonchev–Trinajstić information content (AvgIpc) is 2.58. The minimum absolute atomic E-state index is 0.0786. The number of amides is 1. The van der Waals surface area contributed by atoms with Gasteiger partial charge in [-0.3, -0.25) is 9.78 Å². The van der Waals surface area contributed by atoms with Crippen molar-refractivity contribution in [2.75, 3.05) is 40.3 Å². The Morgan fingerprint density at radius 1 is 1.38 bits per heavy atom. The molecule has 5 heteroatoms. The second kappa shape index (κ2) is 7.28. The molecule has 2 heterocycles. The molecule has 0 spiro atoms. The summed E-state index contributed by atoms with van der Waals surface area (Å²) in [6.45, 7) is 4.80. The highest BCUT2D eigenvalue weighted by Crippen LogP contribution is 2.21. The van der Waals surface area contributed by atoms with Gasteiger partial charge in [-0.05, 0) is 39.6 Å². The Balaban J connectivity index is 1.81. The first-order valence-corrected chi connectivity index (χ1v) is 8.46. The summed E-state index contributed by atoms with van der Waals surface area (Å²) >= 11 is 0. The molecular weight excluding hydrogens is 302 g/mol. The number of benzene rings is 1. The molecule has 5 nitrogen and oxygen atoms in total. The van der Waals surface area contributed by atoms with E-state index in [2.05, 4.69) is 24.0 Å². The number of fused-ring (bicyclic) bond motifs is 1. The molecule has 0 radical (unpaired) electrons. The topological polar surface area (TPSA) is 45.7 Å². The van der Waals surface area contributed by atoms with E-state index >= 15 is 0 Å². The number of para-hydroxylation sites is 1. The molecule has 0 N–H and O–H groups in total. The van der Waals surface area contributed by atoms with Gasteiger partial charge in [0.05, 0.1) is 23.8 Å². The van der Waals surface area contributed by atoms with E-state index in [1.807, 2.05) is 42.2 Å². The third-order valence-electron chi connectivity index (χ3n) is 4.40. The summed E-state index contributed by atoms with van der Waals surface area (Å²) in [6, 6.07) is 9.73. The fourth-order valence-electron chi connectivity index (χ4n) is 3.14. The van der Waals surface area contributed by atoms with Crippen LogP contribution in [0, 0.1) is 6.92 Å². The first-order valence-electron chi connectivity index (χ1n) is 8.46. The van der Waals surface area contributed by atoms with E-state index in [9.17, 15) is 4.79 Å². The third kappa shape index (κ3) is 3.74. The van der Waals surface area contributed by atoms with E-state index in [4.69, 9.17) is 4.74 Å². The van der Waals surface area contributed by atoms with Crippen molar-refractivity contribution in [2.24, 2.45) is 0 Å². The SMILES string of the molecule is Cc1cc(C(=O)N2CCO[C@@H](CCN(C)C)C2)c2ccccc2n1. The molecule has 0 aliphatic carbocycles. The number of ether oxygens (including phenoxy) is 1. The van der Waals surface area contributed by atoms with Gasteiger partial charge in [-0.15, -0.1) is 0 Å². The lowest BCUT2D eigenvalue weighted by molar-refractivity contribution is -0.0269. The Hall–Kier alpha value is -1.98. The first-order chi connectivity index (χ1) is 11.5. The van der Waals surface area contributed by atoms with Crippen molar-refractivity contribution in [3.8, 4) is 0 Å². The predicted molar refractivity (Wildman–Crippen MR) is 95.3 cm³/mol. The lowest BCUT2D eigenvalue weighted by Crippen LogP contribution is -2.46. The third-order valence-corrected chi connectivity index (χ3v) is 4.40. The molecule has 0 bridgehead atoms. The Morgan fingerprint density at radius 3 is 2.96 bits per heavy atom. The van der Waals surface area contributed by atoms with Crippen molar-refractivity contribution in [1.82, 2.24) is 14.8 Å². The van der Waals surface area contributed by atoms with Crippen molar-refractivity contribution in [3.63, 3.8) is 0 Å². The van der Waals surface area contributed by atoms with Crippen LogP contribution in [0.5, 0.6) is 0 Å². The quantitative estimate of drug-likeness (QED) is 0.865. The molecular formula is C19H25N3O2. The first kappa shape index (κ1) is 16.9. The van der Waals surface area contributed by atoms with Gasteiger partial charge in [-0.2, -0.15) is 0 Å². The Kier molecular flexibility index (Phi) is 5.11. The maximum atomic E-state index is 13.1. The van der Waals surface area contributed by atoms with Crippen LogP contribution in [0.2, 0.25) is 0 Å². The lowest BCUT2D eigenvalue weighted by Gasteiger charge is -2.33. The smallest absolute Gasteiger partial charge is 0.254 e. The maximum absolute atomic E-state index is 13.1. The number of aryl methyl sites for hydroxylation is 1. The fourth-order valence-corrected chi connectivity index (χ4v) is 3.14. The highest BCUT2D eigenvalue weighted by atomic mass is 16.5. The number of morpholine rings is 1. The Labute approximate surface area is 143 Å². The molecule has 1 aromatic heterocycles. The lowest BCUT2D eigenvalue weighted by atomic mass is 10.1. The molecule has 1 aliphatic rings. The van der Waals surface area contributed by atoms with E-state index in [0.717, 1.165) is 35.1 Å². The van der Waals surface area contributed by atoms with E-state index in [0.29, 0.717) is 19.7 Å². The average molecular weight is 327 g/mol. The zero-order valence-electron chi connectivity index (χ0n) is 14.7. The van der Waals surface area contributed by atoms with Crippen molar-refractivity contribution in [3.05, 3.63) is 41.6 Å². The minimum atomic E-state index is 0.0786. The van der Waals surface area contributed by atoms with E-state index in [1.165, 1.54) is 0 Å². The van der Waals surface area contributed by atoms with Gasteiger partial charge < -0.3 is 14.5 Å². The van der Waals surface area contributed by atoms with Crippen molar-refractivity contribution < 1.29 is 9.53 Å². The molecule has 0 unspecified atom stereocenters. The molecule has 1 fully saturated rings. The number of hydrogen-bond donors (Lipinski definition) is 0. The van der Waals surface area contributed by atoms with Gasteiger partial charge in [0.1, 0.15) is 0 Å².